The fraction of sp³-hybridized carbons (Fsp3) is 0.143. The van der Waals surface area contributed by atoms with Crippen molar-refractivity contribution in [2.45, 2.75) is 6.92 Å². The Labute approximate surface area is 62.9 Å². The lowest BCUT2D eigenvalue weighted by molar-refractivity contribution is 0.640. The van der Waals surface area contributed by atoms with Crippen molar-refractivity contribution >= 4 is 15.9 Å². The zero-order chi connectivity index (χ0) is 7.11. The molecule has 0 rings (SSSR count). The summed E-state index contributed by atoms with van der Waals surface area (Å²) < 4.78 is 11.9. The van der Waals surface area contributed by atoms with E-state index in [1.807, 2.05) is 0 Å². The van der Waals surface area contributed by atoms with E-state index in [1.54, 1.807) is 23.2 Å². The van der Waals surface area contributed by atoms with Crippen LogP contribution in [-0.4, -0.2) is 0 Å². The van der Waals surface area contributed by atoms with E-state index >= 15 is 0 Å². The Morgan fingerprint density at radius 3 is 2.44 bits per heavy atom. The van der Waals surface area contributed by atoms with Crippen molar-refractivity contribution in [1.82, 2.24) is 0 Å². The van der Waals surface area contributed by atoms with Crippen LogP contribution in [0.5, 0.6) is 0 Å². The SMILES string of the molecule is C/C(F)=C/C=C\C=C\Br. The highest BCUT2D eigenvalue weighted by atomic mass is 79.9. The number of rotatable bonds is 2. The van der Waals surface area contributed by atoms with Crippen LogP contribution in [0.2, 0.25) is 0 Å². The molecular weight excluding hydrogens is 183 g/mol. The molecule has 0 aliphatic heterocycles. The van der Waals surface area contributed by atoms with Crippen LogP contribution in [0.1, 0.15) is 6.92 Å². The maximum absolute atomic E-state index is 11.9. The van der Waals surface area contributed by atoms with Crippen LogP contribution in [0.4, 0.5) is 4.39 Å². The first kappa shape index (κ1) is 8.63. The van der Waals surface area contributed by atoms with Crippen LogP contribution in [0.3, 0.4) is 0 Å². The van der Waals surface area contributed by atoms with Crippen LogP contribution >= 0.6 is 15.9 Å². The van der Waals surface area contributed by atoms with Crippen molar-refractivity contribution in [3.05, 3.63) is 35.1 Å². The highest BCUT2D eigenvalue weighted by molar-refractivity contribution is 9.11. The summed E-state index contributed by atoms with van der Waals surface area (Å²) in [6.07, 6.45) is 6.53. The topological polar surface area (TPSA) is 0 Å². The van der Waals surface area contributed by atoms with Crippen LogP contribution in [0.25, 0.3) is 0 Å². The van der Waals surface area contributed by atoms with Gasteiger partial charge < -0.3 is 0 Å². The standard InChI is InChI=1S/C7H8BrF/c1-7(9)5-3-2-4-6-8/h2-6H,1H3/b3-2-,6-4+,7-5-. The average molecular weight is 191 g/mol. The van der Waals surface area contributed by atoms with E-state index < -0.39 is 0 Å². The minimum absolute atomic E-state index is 0.186. The van der Waals surface area contributed by atoms with E-state index in [2.05, 4.69) is 15.9 Å². The summed E-state index contributed by atoms with van der Waals surface area (Å²) in [4.78, 5) is 1.70. The molecule has 0 bridgehead atoms. The smallest absolute Gasteiger partial charge is 0.0968 e. The Balaban J connectivity index is 3.60. The number of allylic oxidation sites excluding steroid dienone is 5. The summed E-state index contributed by atoms with van der Waals surface area (Å²) in [5.74, 6) is -0.186. The molecular formula is C7H8BrF. The molecule has 0 N–H and O–H groups in total. The zero-order valence-corrected chi connectivity index (χ0v) is 6.73. The lowest BCUT2D eigenvalue weighted by Gasteiger charge is -1.74. The molecule has 0 radical (unpaired) electrons. The van der Waals surface area contributed by atoms with E-state index in [4.69, 9.17) is 0 Å². The first-order valence-electron chi connectivity index (χ1n) is 2.53. The third kappa shape index (κ3) is 7.63. The molecule has 0 fully saturated rings. The Morgan fingerprint density at radius 2 is 2.00 bits per heavy atom. The Hall–Kier alpha value is -0.370. The lowest BCUT2D eigenvalue weighted by atomic mass is 10.4. The minimum Gasteiger partial charge on any atom is -0.212 e. The van der Waals surface area contributed by atoms with Gasteiger partial charge in [0.2, 0.25) is 0 Å². The average Bonchev–Trinajstić information content (AvgIpc) is 1.80. The molecule has 0 spiro atoms. The zero-order valence-electron chi connectivity index (χ0n) is 5.14. The maximum Gasteiger partial charge on any atom is 0.0968 e. The quantitative estimate of drug-likeness (QED) is 0.587. The van der Waals surface area contributed by atoms with E-state index in [-0.39, 0.29) is 5.83 Å². The second-order valence-electron chi connectivity index (χ2n) is 1.46. The molecule has 0 aromatic carbocycles. The monoisotopic (exact) mass is 190 g/mol. The Kier molecular flexibility index (Phi) is 5.52. The Bertz CT molecular complexity index is 141. The van der Waals surface area contributed by atoms with Gasteiger partial charge in [0, 0.05) is 0 Å². The number of hydrogen-bond acceptors (Lipinski definition) is 0. The predicted octanol–water partition coefficient (Wildman–Crippen LogP) is 3.32. The fourth-order valence-corrected chi connectivity index (χ4v) is 0.471. The molecule has 0 amide bonds. The summed E-state index contributed by atoms with van der Waals surface area (Å²) >= 11 is 3.07. The van der Waals surface area contributed by atoms with Crippen molar-refractivity contribution in [2.75, 3.05) is 0 Å². The molecule has 0 unspecified atom stereocenters. The van der Waals surface area contributed by atoms with Crippen molar-refractivity contribution in [3.63, 3.8) is 0 Å². The van der Waals surface area contributed by atoms with Gasteiger partial charge in [-0.15, -0.1) is 0 Å². The molecule has 0 aliphatic rings. The van der Waals surface area contributed by atoms with E-state index in [1.165, 1.54) is 13.0 Å². The molecule has 9 heavy (non-hydrogen) atoms. The highest BCUT2D eigenvalue weighted by Crippen LogP contribution is 1.92. The van der Waals surface area contributed by atoms with Gasteiger partial charge in [0.15, 0.2) is 0 Å². The maximum atomic E-state index is 11.9. The largest absolute Gasteiger partial charge is 0.212 e. The number of hydrogen-bond donors (Lipinski definition) is 0. The summed E-state index contributed by atoms with van der Waals surface area (Å²) in [6, 6.07) is 0. The van der Waals surface area contributed by atoms with Gasteiger partial charge in [-0.2, -0.15) is 0 Å². The van der Waals surface area contributed by atoms with Gasteiger partial charge in [0.25, 0.3) is 0 Å². The summed E-state index contributed by atoms with van der Waals surface area (Å²) in [7, 11) is 0. The molecule has 2 heteroatoms. The van der Waals surface area contributed by atoms with Gasteiger partial charge in [0.05, 0.1) is 5.83 Å². The normalized spacial score (nSPS) is 13.9. The van der Waals surface area contributed by atoms with Crippen molar-refractivity contribution in [3.8, 4) is 0 Å². The van der Waals surface area contributed by atoms with Gasteiger partial charge in [0.1, 0.15) is 0 Å². The van der Waals surface area contributed by atoms with Crippen molar-refractivity contribution in [1.29, 1.82) is 0 Å². The molecule has 0 aromatic rings. The van der Waals surface area contributed by atoms with E-state index in [9.17, 15) is 4.39 Å². The van der Waals surface area contributed by atoms with Crippen LogP contribution in [0, 0.1) is 0 Å². The molecule has 0 saturated carbocycles. The molecule has 0 aliphatic carbocycles. The second kappa shape index (κ2) is 5.76. The summed E-state index contributed by atoms with van der Waals surface area (Å²) in [5, 5.41) is 0. The second-order valence-corrected chi connectivity index (χ2v) is 1.99. The molecule has 50 valence electrons. The van der Waals surface area contributed by atoms with Crippen molar-refractivity contribution in [2.24, 2.45) is 0 Å². The van der Waals surface area contributed by atoms with E-state index in [0.29, 0.717) is 0 Å². The predicted molar refractivity (Wildman–Crippen MR) is 42.1 cm³/mol. The van der Waals surface area contributed by atoms with E-state index in [0.717, 1.165) is 0 Å². The molecule has 0 atom stereocenters. The van der Waals surface area contributed by atoms with Crippen LogP contribution < -0.4 is 0 Å². The minimum atomic E-state index is -0.186. The van der Waals surface area contributed by atoms with Crippen LogP contribution in [0.15, 0.2) is 35.1 Å². The third-order valence-corrected chi connectivity index (χ3v) is 0.926. The summed E-state index contributed by atoms with van der Waals surface area (Å²) in [5.41, 5.74) is 0. The first-order chi connectivity index (χ1) is 4.27. The summed E-state index contributed by atoms with van der Waals surface area (Å²) in [6.45, 7) is 1.40. The Morgan fingerprint density at radius 1 is 1.33 bits per heavy atom. The van der Waals surface area contributed by atoms with Gasteiger partial charge in [-0.3, -0.25) is 0 Å². The molecule has 0 saturated heterocycles. The fourth-order valence-electron chi connectivity index (χ4n) is 0.294. The third-order valence-electron chi connectivity index (χ3n) is 0.621. The van der Waals surface area contributed by atoms with Gasteiger partial charge in [-0.25, -0.2) is 4.39 Å². The van der Waals surface area contributed by atoms with Gasteiger partial charge >= 0.3 is 0 Å². The van der Waals surface area contributed by atoms with Crippen molar-refractivity contribution < 1.29 is 4.39 Å². The lowest BCUT2D eigenvalue weighted by Crippen LogP contribution is -1.54. The number of halogens is 2. The van der Waals surface area contributed by atoms with Gasteiger partial charge in [-0.1, -0.05) is 34.2 Å². The van der Waals surface area contributed by atoms with Gasteiger partial charge in [-0.05, 0) is 18.0 Å². The molecule has 0 heterocycles. The van der Waals surface area contributed by atoms with Crippen LogP contribution in [-0.2, 0) is 0 Å². The first-order valence-corrected chi connectivity index (χ1v) is 3.44. The molecule has 0 aromatic heterocycles. The molecule has 0 nitrogen and oxygen atoms in total. The highest BCUT2D eigenvalue weighted by Gasteiger charge is 1.72.